The average Bonchev–Trinajstić information content (AvgIpc) is 3.02. The molecule has 2 rings (SSSR count). The van der Waals surface area contributed by atoms with E-state index in [0.29, 0.717) is 34.7 Å². The highest BCUT2D eigenvalue weighted by Gasteiger charge is 2.15. The van der Waals surface area contributed by atoms with Crippen molar-refractivity contribution in [2.24, 2.45) is 0 Å². The molecular formula is C16H18BrNO3S. The number of hydrogen-bond donors (Lipinski definition) is 1. The number of hydrogen-bond acceptors (Lipinski definition) is 4. The molecular weight excluding hydrogens is 366 g/mol. The van der Waals surface area contributed by atoms with Crippen molar-refractivity contribution >= 4 is 33.2 Å². The number of carbonyl (C=O) groups is 1. The van der Waals surface area contributed by atoms with Crippen LogP contribution < -0.4 is 14.8 Å². The molecule has 0 aliphatic rings. The Morgan fingerprint density at radius 2 is 2.23 bits per heavy atom. The second kappa shape index (κ2) is 8.19. The predicted octanol–water partition coefficient (Wildman–Crippen LogP) is 3.89. The zero-order valence-electron chi connectivity index (χ0n) is 12.5. The van der Waals surface area contributed by atoms with E-state index in [2.05, 4.69) is 27.3 Å². The molecule has 0 atom stereocenters. The molecule has 1 aromatic heterocycles. The molecule has 1 aromatic carbocycles. The maximum atomic E-state index is 12.2. The van der Waals surface area contributed by atoms with Gasteiger partial charge in [-0.25, -0.2) is 0 Å². The van der Waals surface area contributed by atoms with Crippen LogP contribution in [0.3, 0.4) is 0 Å². The zero-order chi connectivity index (χ0) is 15.9. The summed E-state index contributed by atoms with van der Waals surface area (Å²) in [6.45, 7) is 3.03. The fraction of sp³-hybridized carbons (Fsp3) is 0.312. The van der Waals surface area contributed by atoms with Crippen LogP contribution in [-0.4, -0.2) is 26.2 Å². The maximum Gasteiger partial charge on any atom is 0.251 e. The zero-order valence-corrected chi connectivity index (χ0v) is 14.9. The number of amides is 1. The van der Waals surface area contributed by atoms with Crippen LogP contribution in [0.2, 0.25) is 0 Å². The molecule has 0 bridgehead atoms. The van der Waals surface area contributed by atoms with Crippen LogP contribution in [0.4, 0.5) is 0 Å². The Hall–Kier alpha value is -1.53. The molecule has 0 spiro atoms. The number of ether oxygens (including phenoxy) is 2. The second-order valence-corrected chi connectivity index (χ2v) is 6.39. The molecule has 0 saturated heterocycles. The normalized spacial score (nSPS) is 10.3. The topological polar surface area (TPSA) is 47.6 Å². The quantitative estimate of drug-likeness (QED) is 0.788. The van der Waals surface area contributed by atoms with E-state index in [0.717, 1.165) is 6.42 Å². The van der Waals surface area contributed by atoms with Gasteiger partial charge in [0.25, 0.3) is 5.91 Å². The molecule has 0 aliphatic carbocycles. The molecule has 0 aliphatic heterocycles. The Morgan fingerprint density at radius 3 is 2.86 bits per heavy atom. The van der Waals surface area contributed by atoms with Crippen LogP contribution in [0.25, 0.3) is 0 Å². The summed E-state index contributed by atoms with van der Waals surface area (Å²) in [7, 11) is 1.56. The molecule has 118 valence electrons. The van der Waals surface area contributed by atoms with Gasteiger partial charge < -0.3 is 14.8 Å². The summed E-state index contributed by atoms with van der Waals surface area (Å²) in [4.78, 5) is 13.5. The van der Waals surface area contributed by atoms with Crippen LogP contribution in [0.1, 0.15) is 22.2 Å². The molecule has 1 N–H and O–H groups in total. The van der Waals surface area contributed by atoms with Gasteiger partial charge in [-0.05, 0) is 52.9 Å². The van der Waals surface area contributed by atoms with Gasteiger partial charge in [-0.1, -0.05) is 6.07 Å². The standard InChI is InChI=1S/C16H18BrNO3S/c1-3-21-15-13(17)9-11(10-14(15)20-2)16(19)18-7-6-12-5-4-8-22-12/h4-5,8-10H,3,6-7H2,1-2H3,(H,18,19). The van der Waals surface area contributed by atoms with Crippen molar-refractivity contribution in [3.63, 3.8) is 0 Å². The van der Waals surface area contributed by atoms with Gasteiger partial charge in [-0.15, -0.1) is 11.3 Å². The second-order valence-electron chi connectivity index (χ2n) is 4.51. The highest BCUT2D eigenvalue weighted by Crippen LogP contribution is 2.36. The van der Waals surface area contributed by atoms with Crippen molar-refractivity contribution in [1.82, 2.24) is 5.32 Å². The van der Waals surface area contributed by atoms with E-state index >= 15 is 0 Å². The summed E-state index contributed by atoms with van der Waals surface area (Å²) in [6.07, 6.45) is 0.832. The number of methoxy groups -OCH3 is 1. The molecule has 2 aromatic rings. The van der Waals surface area contributed by atoms with Crippen molar-refractivity contribution in [2.75, 3.05) is 20.3 Å². The van der Waals surface area contributed by atoms with Gasteiger partial charge in [-0.2, -0.15) is 0 Å². The Bertz CT molecular complexity index is 629. The van der Waals surface area contributed by atoms with Crippen molar-refractivity contribution in [3.8, 4) is 11.5 Å². The number of halogens is 1. The number of thiophene rings is 1. The largest absolute Gasteiger partial charge is 0.493 e. The lowest BCUT2D eigenvalue weighted by Gasteiger charge is -2.13. The molecule has 0 saturated carbocycles. The first-order chi connectivity index (χ1) is 10.7. The molecule has 1 amide bonds. The fourth-order valence-corrected chi connectivity index (χ4v) is 3.26. The summed E-state index contributed by atoms with van der Waals surface area (Å²) < 4.78 is 11.5. The summed E-state index contributed by atoms with van der Waals surface area (Å²) in [5, 5.41) is 4.95. The summed E-state index contributed by atoms with van der Waals surface area (Å²) in [5.41, 5.74) is 0.540. The van der Waals surface area contributed by atoms with Crippen molar-refractivity contribution in [3.05, 3.63) is 44.6 Å². The van der Waals surface area contributed by atoms with Gasteiger partial charge in [0.2, 0.25) is 0 Å². The van der Waals surface area contributed by atoms with Crippen molar-refractivity contribution in [2.45, 2.75) is 13.3 Å². The van der Waals surface area contributed by atoms with E-state index < -0.39 is 0 Å². The Morgan fingerprint density at radius 1 is 1.41 bits per heavy atom. The van der Waals surface area contributed by atoms with Gasteiger partial charge >= 0.3 is 0 Å². The molecule has 0 unspecified atom stereocenters. The minimum Gasteiger partial charge on any atom is -0.493 e. The third-order valence-electron chi connectivity index (χ3n) is 3.02. The summed E-state index contributed by atoms with van der Waals surface area (Å²) in [5.74, 6) is 1.03. The average molecular weight is 384 g/mol. The first-order valence-corrected chi connectivity index (χ1v) is 8.64. The van der Waals surface area contributed by atoms with Crippen LogP contribution >= 0.6 is 27.3 Å². The van der Waals surface area contributed by atoms with Crippen molar-refractivity contribution in [1.29, 1.82) is 0 Å². The van der Waals surface area contributed by atoms with Crippen LogP contribution in [-0.2, 0) is 6.42 Å². The smallest absolute Gasteiger partial charge is 0.251 e. The summed E-state index contributed by atoms with van der Waals surface area (Å²) in [6, 6.07) is 7.51. The van der Waals surface area contributed by atoms with E-state index in [1.165, 1.54) is 4.88 Å². The molecule has 6 heteroatoms. The summed E-state index contributed by atoms with van der Waals surface area (Å²) >= 11 is 5.12. The van der Waals surface area contributed by atoms with E-state index in [1.807, 2.05) is 18.4 Å². The van der Waals surface area contributed by atoms with Gasteiger partial charge in [0.15, 0.2) is 11.5 Å². The van der Waals surface area contributed by atoms with Crippen LogP contribution in [0.5, 0.6) is 11.5 Å². The minimum absolute atomic E-state index is 0.126. The first kappa shape index (κ1) is 16.8. The maximum absolute atomic E-state index is 12.2. The molecule has 0 radical (unpaired) electrons. The van der Waals surface area contributed by atoms with Crippen LogP contribution in [0.15, 0.2) is 34.1 Å². The number of carbonyl (C=O) groups excluding carboxylic acids is 1. The fourth-order valence-electron chi connectivity index (χ4n) is 1.99. The third kappa shape index (κ3) is 4.24. The van der Waals surface area contributed by atoms with Gasteiger partial charge in [0.05, 0.1) is 18.2 Å². The first-order valence-electron chi connectivity index (χ1n) is 6.96. The van der Waals surface area contributed by atoms with Gasteiger partial charge in [-0.3, -0.25) is 4.79 Å². The number of rotatable bonds is 7. The lowest BCUT2D eigenvalue weighted by molar-refractivity contribution is 0.0953. The Balaban J connectivity index is 2.04. The Kier molecular flexibility index (Phi) is 6.27. The van der Waals surface area contributed by atoms with E-state index in [9.17, 15) is 4.79 Å². The highest BCUT2D eigenvalue weighted by molar-refractivity contribution is 9.10. The Labute approximate surface area is 142 Å². The predicted molar refractivity (Wildman–Crippen MR) is 92.2 cm³/mol. The monoisotopic (exact) mass is 383 g/mol. The highest BCUT2D eigenvalue weighted by atomic mass is 79.9. The van der Waals surface area contributed by atoms with E-state index in [-0.39, 0.29) is 5.91 Å². The number of nitrogens with one attached hydrogen (secondary N) is 1. The lowest BCUT2D eigenvalue weighted by Crippen LogP contribution is -2.25. The minimum atomic E-state index is -0.126. The SMILES string of the molecule is CCOc1c(Br)cc(C(=O)NCCc2cccs2)cc1OC. The van der Waals surface area contributed by atoms with E-state index in [4.69, 9.17) is 9.47 Å². The molecule has 4 nitrogen and oxygen atoms in total. The van der Waals surface area contributed by atoms with Crippen LogP contribution in [0, 0.1) is 0 Å². The van der Waals surface area contributed by atoms with Gasteiger partial charge in [0.1, 0.15) is 0 Å². The van der Waals surface area contributed by atoms with Gasteiger partial charge in [0, 0.05) is 17.0 Å². The molecule has 22 heavy (non-hydrogen) atoms. The lowest BCUT2D eigenvalue weighted by atomic mass is 10.2. The van der Waals surface area contributed by atoms with Crippen molar-refractivity contribution < 1.29 is 14.3 Å². The third-order valence-corrected chi connectivity index (χ3v) is 4.54. The molecule has 0 fully saturated rings. The number of benzene rings is 1. The van der Waals surface area contributed by atoms with E-state index in [1.54, 1.807) is 30.6 Å². The molecule has 1 heterocycles.